The zero-order valence-electron chi connectivity index (χ0n) is 12.0. The molecule has 5 heteroatoms. The molecule has 1 heterocycles. The Morgan fingerprint density at radius 1 is 1.05 bits per heavy atom. The predicted molar refractivity (Wildman–Crippen MR) is 83.8 cm³/mol. The summed E-state index contributed by atoms with van der Waals surface area (Å²) in [7, 11) is 0. The van der Waals surface area contributed by atoms with Gasteiger partial charge in [0.2, 0.25) is 11.8 Å². The molecular formula is C16H20N2O2S. The van der Waals surface area contributed by atoms with Crippen LogP contribution in [-0.2, 0) is 9.59 Å². The van der Waals surface area contributed by atoms with Crippen LogP contribution in [0.2, 0.25) is 0 Å². The second kappa shape index (κ2) is 6.10. The van der Waals surface area contributed by atoms with Crippen LogP contribution in [0.15, 0.2) is 29.2 Å². The van der Waals surface area contributed by atoms with Crippen molar-refractivity contribution in [1.29, 1.82) is 0 Å². The van der Waals surface area contributed by atoms with Crippen molar-refractivity contribution in [2.75, 3.05) is 5.73 Å². The van der Waals surface area contributed by atoms with E-state index in [2.05, 4.69) is 0 Å². The summed E-state index contributed by atoms with van der Waals surface area (Å²) in [6.45, 7) is 0. The van der Waals surface area contributed by atoms with Crippen molar-refractivity contribution in [3.8, 4) is 0 Å². The van der Waals surface area contributed by atoms with E-state index in [9.17, 15) is 9.59 Å². The van der Waals surface area contributed by atoms with Crippen LogP contribution in [0.3, 0.4) is 0 Å². The number of hydrogen-bond donors (Lipinski definition) is 1. The Morgan fingerprint density at radius 3 is 2.38 bits per heavy atom. The van der Waals surface area contributed by atoms with Gasteiger partial charge >= 0.3 is 0 Å². The third-order valence-electron chi connectivity index (χ3n) is 4.24. The highest BCUT2D eigenvalue weighted by Crippen LogP contribution is 2.35. The molecule has 1 aromatic carbocycles. The van der Waals surface area contributed by atoms with Crippen molar-refractivity contribution in [1.82, 2.24) is 4.90 Å². The SMILES string of the molecule is Nc1ccc(SC2CC(=O)N(C3CCCCC3)C2=O)cc1. The van der Waals surface area contributed by atoms with Crippen LogP contribution in [0.1, 0.15) is 38.5 Å². The van der Waals surface area contributed by atoms with Crippen molar-refractivity contribution >= 4 is 29.3 Å². The largest absolute Gasteiger partial charge is 0.399 e. The number of hydrogen-bond acceptors (Lipinski definition) is 4. The minimum atomic E-state index is -0.275. The topological polar surface area (TPSA) is 63.4 Å². The van der Waals surface area contributed by atoms with Crippen LogP contribution in [0, 0.1) is 0 Å². The lowest BCUT2D eigenvalue weighted by atomic mass is 9.94. The maximum absolute atomic E-state index is 12.5. The smallest absolute Gasteiger partial charge is 0.243 e. The molecule has 0 bridgehead atoms. The number of imide groups is 1. The quantitative estimate of drug-likeness (QED) is 0.689. The van der Waals surface area contributed by atoms with Crippen molar-refractivity contribution in [3.63, 3.8) is 0 Å². The van der Waals surface area contributed by atoms with Gasteiger partial charge in [-0.1, -0.05) is 19.3 Å². The van der Waals surface area contributed by atoms with E-state index in [1.165, 1.54) is 18.2 Å². The number of rotatable bonds is 3. The molecule has 0 aromatic heterocycles. The van der Waals surface area contributed by atoms with E-state index in [0.717, 1.165) is 30.6 Å². The highest BCUT2D eigenvalue weighted by atomic mass is 32.2. The first-order valence-corrected chi connectivity index (χ1v) is 8.41. The molecule has 21 heavy (non-hydrogen) atoms. The Morgan fingerprint density at radius 2 is 1.71 bits per heavy atom. The molecule has 2 amide bonds. The molecule has 0 radical (unpaired) electrons. The Balaban J connectivity index is 1.69. The lowest BCUT2D eigenvalue weighted by molar-refractivity contribution is -0.141. The number of benzene rings is 1. The maximum Gasteiger partial charge on any atom is 0.243 e. The molecule has 4 nitrogen and oxygen atoms in total. The summed E-state index contributed by atoms with van der Waals surface area (Å²) in [4.78, 5) is 27.3. The van der Waals surface area contributed by atoms with Crippen molar-refractivity contribution in [2.24, 2.45) is 0 Å². The number of carbonyl (C=O) groups excluding carboxylic acids is 2. The van der Waals surface area contributed by atoms with Gasteiger partial charge in [-0.3, -0.25) is 14.5 Å². The first-order valence-electron chi connectivity index (χ1n) is 7.53. The number of carbonyl (C=O) groups is 2. The molecule has 1 saturated heterocycles. The van der Waals surface area contributed by atoms with Crippen molar-refractivity contribution in [3.05, 3.63) is 24.3 Å². The Labute approximate surface area is 129 Å². The molecule has 1 saturated carbocycles. The molecule has 112 valence electrons. The first-order chi connectivity index (χ1) is 10.1. The van der Waals surface area contributed by atoms with E-state index in [-0.39, 0.29) is 23.1 Å². The fraction of sp³-hybridized carbons (Fsp3) is 0.500. The molecule has 2 aliphatic rings. The normalized spacial score (nSPS) is 23.8. The van der Waals surface area contributed by atoms with E-state index in [0.29, 0.717) is 12.1 Å². The van der Waals surface area contributed by atoms with Crippen LogP contribution >= 0.6 is 11.8 Å². The van der Waals surface area contributed by atoms with Gasteiger partial charge in [-0.05, 0) is 37.1 Å². The minimum Gasteiger partial charge on any atom is -0.399 e. The van der Waals surface area contributed by atoms with Gasteiger partial charge in [0.15, 0.2) is 0 Å². The number of amides is 2. The van der Waals surface area contributed by atoms with Crippen LogP contribution in [0.25, 0.3) is 0 Å². The summed E-state index contributed by atoms with van der Waals surface area (Å²) in [5, 5.41) is -0.275. The summed E-state index contributed by atoms with van der Waals surface area (Å²) in [5.74, 6) is -0.00595. The van der Waals surface area contributed by atoms with E-state index < -0.39 is 0 Å². The number of nitrogens with two attached hydrogens (primary N) is 1. The van der Waals surface area contributed by atoms with Crippen molar-refractivity contribution in [2.45, 2.75) is 54.7 Å². The molecule has 1 aliphatic carbocycles. The van der Waals surface area contributed by atoms with Gasteiger partial charge in [-0.25, -0.2) is 0 Å². The van der Waals surface area contributed by atoms with Gasteiger partial charge in [0.05, 0.1) is 5.25 Å². The summed E-state index contributed by atoms with van der Waals surface area (Å²) in [6, 6.07) is 7.59. The number of nitrogens with zero attached hydrogens (tertiary/aromatic N) is 1. The monoisotopic (exact) mass is 304 g/mol. The zero-order chi connectivity index (χ0) is 14.8. The van der Waals surface area contributed by atoms with Crippen LogP contribution < -0.4 is 5.73 Å². The molecule has 1 aliphatic heterocycles. The van der Waals surface area contributed by atoms with Gasteiger partial charge in [-0.2, -0.15) is 0 Å². The average molecular weight is 304 g/mol. The van der Waals surface area contributed by atoms with E-state index in [4.69, 9.17) is 5.73 Å². The Kier molecular flexibility index (Phi) is 4.19. The van der Waals surface area contributed by atoms with E-state index >= 15 is 0 Å². The lowest BCUT2D eigenvalue weighted by Crippen LogP contribution is -2.41. The zero-order valence-corrected chi connectivity index (χ0v) is 12.8. The molecule has 3 rings (SSSR count). The van der Waals surface area contributed by atoms with Gasteiger partial charge in [-0.15, -0.1) is 11.8 Å². The van der Waals surface area contributed by atoms with Gasteiger partial charge in [0, 0.05) is 23.0 Å². The standard InChI is InChI=1S/C16H20N2O2S/c17-11-6-8-13(9-7-11)21-14-10-15(19)18(16(14)20)12-4-2-1-3-5-12/h6-9,12,14H,1-5,10,17H2. The molecular weight excluding hydrogens is 284 g/mol. The van der Waals surface area contributed by atoms with E-state index in [1.807, 2.05) is 24.3 Å². The third kappa shape index (κ3) is 3.07. The predicted octanol–water partition coefficient (Wildman–Crippen LogP) is 2.82. The van der Waals surface area contributed by atoms with Crippen LogP contribution in [-0.4, -0.2) is 28.0 Å². The van der Waals surface area contributed by atoms with Crippen LogP contribution in [0.4, 0.5) is 5.69 Å². The minimum absolute atomic E-state index is 0.000144. The maximum atomic E-state index is 12.5. The number of anilines is 1. The fourth-order valence-electron chi connectivity index (χ4n) is 3.15. The molecule has 0 spiro atoms. The highest BCUT2D eigenvalue weighted by Gasteiger charge is 2.42. The van der Waals surface area contributed by atoms with E-state index in [1.54, 1.807) is 4.90 Å². The summed E-state index contributed by atoms with van der Waals surface area (Å²) in [5.41, 5.74) is 6.37. The van der Waals surface area contributed by atoms with Gasteiger partial charge in [0.25, 0.3) is 0 Å². The summed E-state index contributed by atoms with van der Waals surface area (Å²) < 4.78 is 0. The Hall–Kier alpha value is -1.49. The Bertz CT molecular complexity index is 538. The molecule has 1 aromatic rings. The average Bonchev–Trinajstić information content (AvgIpc) is 2.77. The third-order valence-corrected chi connectivity index (χ3v) is 5.44. The number of nitrogen functional groups attached to an aromatic ring is 1. The summed E-state index contributed by atoms with van der Waals surface area (Å²) in [6.07, 6.45) is 5.73. The number of thioether (sulfide) groups is 1. The molecule has 1 unspecified atom stereocenters. The molecule has 1 atom stereocenters. The molecule has 2 N–H and O–H groups in total. The highest BCUT2D eigenvalue weighted by molar-refractivity contribution is 8.00. The van der Waals surface area contributed by atoms with Gasteiger partial charge < -0.3 is 5.73 Å². The van der Waals surface area contributed by atoms with Crippen LogP contribution in [0.5, 0.6) is 0 Å². The first kappa shape index (κ1) is 14.4. The second-order valence-corrected chi connectivity index (χ2v) is 7.05. The van der Waals surface area contributed by atoms with Gasteiger partial charge in [0.1, 0.15) is 0 Å². The number of likely N-dealkylation sites (tertiary alicyclic amines) is 1. The fourth-order valence-corrected chi connectivity index (χ4v) is 4.21. The molecule has 2 fully saturated rings. The summed E-state index contributed by atoms with van der Waals surface area (Å²) >= 11 is 1.47. The second-order valence-electron chi connectivity index (χ2n) is 5.77. The van der Waals surface area contributed by atoms with Crippen molar-refractivity contribution < 1.29 is 9.59 Å². The lowest BCUT2D eigenvalue weighted by Gasteiger charge is -2.29.